The van der Waals surface area contributed by atoms with Crippen molar-refractivity contribution in [2.75, 3.05) is 6.61 Å². The summed E-state index contributed by atoms with van der Waals surface area (Å²) < 4.78 is 5.16. The third kappa shape index (κ3) is 3.76. The summed E-state index contributed by atoms with van der Waals surface area (Å²) in [5.41, 5.74) is 3.86. The molecule has 0 atom stereocenters. The molecule has 26 heavy (non-hydrogen) atoms. The highest BCUT2D eigenvalue weighted by Crippen LogP contribution is 2.28. The van der Waals surface area contributed by atoms with Crippen molar-refractivity contribution in [3.05, 3.63) is 63.5 Å². The number of ketones is 1. The number of esters is 1. The summed E-state index contributed by atoms with van der Waals surface area (Å²) in [6.07, 6.45) is 3.33. The molecule has 132 valence electrons. The fraction of sp³-hybridized carbons (Fsp3) is 0.250. The second-order valence-electron chi connectivity index (χ2n) is 6.22. The largest absolute Gasteiger partial charge is 0.457 e. The molecule has 0 fully saturated rings. The lowest BCUT2D eigenvalue weighted by Crippen LogP contribution is -2.16. The number of carbonyl (C=O) groups excluding carboxylic acids is 2. The van der Waals surface area contributed by atoms with E-state index in [4.69, 9.17) is 4.74 Å². The van der Waals surface area contributed by atoms with E-state index in [9.17, 15) is 9.59 Å². The molecule has 0 saturated heterocycles. The van der Waals surface area contributed by atoms with Crippen LogP contribution in [0.3, 0.4) is 0 Å². The maximum absolute atomic E-state index is 12.3. The quantitative estimate of drug-likeness (QED) is 0.470. The molecule has 0 bridgehead atoms. The smallest absolute Gasteiger partial charge is 0.312 e. The summed E-state index contributed by atoms with van der Waals surface area (Å²) in [6, 6.07) is 9.75. The number of carbonyl (C=O) groups is 2. The third-order valence-electron chi connectivity index (χ3n) is 4.39. The lowest BCUT2D eigenvalue weighted by Gasteiger charge is -2.05. The van der Waals surface area contributed by atoms with Crippen LogP contribution in [0.25, 0.3) is 9.88 Å². The van der Waals surface area contributed by atoms with Crippen molar-refractivity contribution >= 4 is 34.4 Å². The van der Waals surface area contributed by atoms with Gasteiger partial charge < -0.3 is 4.74 Å². The molecule has 1 aliphatic rings. The highest BCUT2D eigenvalue weighted by molar-refractivity contribution is 7.20. The lowest BCUT2D eigenvalue weighted by atomic mass is 10.0. The highest BCUT2D eigenvalue weighted by atomic mass is 32.1. The minimum atomic E-state index is -0.428. The van der Waals surface area contributed by atoms with Crippen LogP contribution in [0, 0.1) is 0 Å². The van der Waals surface area contributed by atoms with Gasteiger partial charge in [0.25, 0.3) is 0 Å². The first-order chi connectivity index (χ1) is 12.7. The number of thiazole rings is 1. The Morgan fingerprint density at radius 1 is 1.12 bits per heavy atom. The van der Waals surface area contributed by atoms with Gasteiger partial charge in [-0.15, -0.1) is 22.7 Å². The Bertz CT molecular complexity index is 944. The van der Waals surface area contributed by atoms with Gasteiger partial charge in [-0.05, 0) is 47.9 Å². The van der Waals surface area contributed by atoms with Gasteiger partial charge in [-0.25, -0.2) is 4.98 Å². The van der Waals surface area contributed by atoms with Gasteiger partial charge >= 0.3 is 5.97 Å². The standard InChI is InChI=1S/C20H17NO3S2/c22-17(15-7-6-13-3-1-4-14(13)9-15)11-24-19(23)10-16-12-26-20(21-16)18-5-2-8-25-18/h2,5-9,12H,1,3-4,10-11H2. The normalized spacial score (nSPS) is 12.8. The van der Waals surface area contributed by atoms with E-state index in [-0.39, 0.29) is 18.8 Å². The zero-order chi connectivity index (χ0) is 17.9. The third-order valence-corrected chi connectivity index (χ3v) is 6.32. The van der Waals surface area contributed by atoms with Gasteiger partial charge in [-0.1, -0.05) is 18.2 Å². The molecule has 0 spiro atoms. The van der Waals surface area contributed by atoms with Crippen molar-refractivity contribution in [3.63, 3.8) is 0 Å². The first-order valence-corrected chi connectivity index (χ1v) is 10.2. The SMILES string of the molecule is O=C(Cc1csc(-c2cccs2)n1)OCC(=O)c1ccc2c(c1)CCC2. The lowest BCUT2D eigenvalue weighted by molar-refractivity contribution is -0.141. The Labute approximate surface area is 159 Å². The minimum absolute atomic E-state index is 0.0827. The first kappa shape index (κ1) is 17.1. The van der Waals surface area contributed by atoms with Crippen LogP contribution in [0.2, 0.25) is 0 Å². The average molecular weight is 383 g/mol. The van der Waals surface area contributed by atoms with Crippen LogP contribution in [0.15, 0.2) is 41.1 Å². The van der Waals surface area contributed by atoms with Crippen molar-refractivity contribution in [2.45, 2.75) is 25.7 Å². The van der Waals surface area contributed by atoms with E-state index in [1.54, 1.807) is 11.3 Å². The summed E-state index contributed by atoms with van der Waals surface area (Å²) >= 11 is 3.12. The highest BCUT2D eigenvalue weighted by Gasteiger charge is 2.16. The molecule has 4 rings (SSSR count). The molecule has 1 aromatic carbocycles. The van der Waals surface area contributed by atoms with Crippen LogP contribution in [0.5, 0.6) is 0 Å². The van der Waals surface area contributed by atoms with Gasteiger partial charge in [0.15, 0.2) is 12.4 Å². The number of hydrogen-bond acceptors (Lipinski definition) is 6. The Kier molecular flexibility index (Phi) is 4.95. The number of fused-ring (bicyclic) bond motifs is 1. The number of ether oxygens (including phenoxy) is 1. The molecule has 0 amide bonds. The molecule has 6 heteroatoms. The van der Waals surface area contributed by atoms with Gasteiger partial charge in [0.2, 0.25) is 0 Å². The van der Waals surface area contributed by atoms with Crippen molar-refractivity contribution in [3.8, 4) is 9.88 Å². The Morgan fingerprint density at radius 2 is 2.00 bits per heavy atom. The Morgan fingerprint density at radius 3 is 2.85 bits per heavy atom. The van der Waals surface area contributed by atoms with Crippen LogP contribution in [-0.4, -0.2) is 23.3 Å². The van der Waals surface area contributed by atoms with Crippen LogP contribution in [-0.2, 0) is 28.8 Å². The fourth-order valence-corrected chi connectivity index (χ4v) is 4.71. The van der Waals surface area contributed by atoms with Crippen molar-refractivity contribution in [1.29, 1.82) is 0 Å². The van der Waals surface area contributed by atoms with Crippen molar-refractivity contribution in [2.24, 2.45) is 0 Å². The summed E-state index contributed by atoms with van der Waals surface area (Å²) in [6.45, 7) is -0.223. The van der Waals surface area contributed by atoms with Gasteiger partial charge in [0.1, 0.15) is 5.01 Å². The van der Waals surface area contributed by atoms with E-state index in [1.165, 1.54) is 22.5 Å². The molecule has 0 radical (unpaired) electrons. The van der Waals surface area contributed by atoms with Gasteiger partial charge in [0, 0.05) is 10.9 Å². The van der Waals surface area contributed by atoms with Gasteiger partial charge in [-0.2, -0.15) is 0 Å². The molecule has 1 aliphatic carbocycles. The molecular weight excluding hydrogens is 366 g/mol. The Hall–Kier alpha value is -2.31. The van der Waals surface area contributed by atoms with Crippen LogP contribution < -0.4 is 0 Å². The molecule has 0 unspecified atom stereocenters. The molecule has 0 N–H and O–H groups in total. The Balaban J connectivity index is 1.32. The number of Topliss-reactive ketones (excluding diaryl/α,β-unsaturated/α-hetero) is 1. The topological polar surface area (TPSA) is 56.3 Å². The molecule has 2 aromatic heterocycles. The zero-order valence-electron chi connectivity index (χ0n) is 14.1. The van der Waals surface area contributed by atoms with E-state index in [0.29, 0.717) is 11.3 Å². The zero-order valence-corrected chi connectivity index (χ0v) is 15.7. The summed E-state index contributed by atoms with van der Waals surface area (Å²) in [4.78, 5) is 29.8. The maximum Gasteiger partial charge on any atom is 0.312 e. The van der Waals surface area contributed by atoms with Gasteiger partial charge in [0.05, 0.1) is 17.0 Å². The predicted octanol–water partition coefficient (Wildman–Crippen LogP) is 4.33. The maximum atomic E-state index is 12.3. The predicted molar refractivity (Wildman–Crippen MR) is 103 cm³/mol. The molecule has 3 aromatic rings. The van der Waals surface area contributed by atoms with E-state index < -0.39 is 5.97 Å². The molecule has 2 heterocycles. The summed E-state index contributed by atoms with van der Waals surface area (Å²) in [7, 11) is 0. The number of aromatic nitrogens is 1. The number of nitrogens with zero attached hydrogens (tertiary/aromatic N) is 1. The van der Waals surface area contributed by atoms with Crippen LogP contribution in [0.1, 0.15) is 33.6 Å². The number of benzene rings is 1. The number of hydrogen-bond donors (Lipinski definition) is 0. The van der Waals surface area contributed by atoms with E-state index in [2.05, 4.69) is 4.98 Å². The number of rotatable bonds is 6. The minimum Gasteiger partial charge on any atom is -0.457 e. The molecule has 0 aliphatic heterocycles. The van der Waals surface area contributed by atoms with E-state index in [1.807, 2.05) is 41.1 Å². The monoisotopic (exact) mass is 383 g/mol. The van der Waals surface area contributed by atoms with E-state index in [0.717, 1.165) is 29.1 Å². The molecule has 4 nitrogen and oxygen atoms in total. The molecule has 0 saturated carbocycles. The second kappa shape index (κ2) is 7.51. The van der Waals surface area contributed by atoms with Crippen LogP contribution >= 0.6 is 22.7 Å². The second-order valence-corrected chi connectivity index (χ2v) is 8.02. The van der Waals surface area contributed by atoms with Crippen LogP contribution in [0.4, 0.5) is 0 Å². The van der Waals surface area contributed by atoms with E-state index >= 15 is 0 Å². The average Bonchev–Trinajstić information content (AvgIpc) is 3.38. The number of aryl methyl sites for hydroxylation is 2. The summed E-state index contributed by atoms with van der Waals surface area (Å²) in [5, 5.41) is 4.76. The van der Waals surface area contributed by atoms with Crippen molar-refractivity contribution < 1.29 is 14.3 Å². The first-order valence-electron chi connectivity index (χ1n) is 8.48. The molecular formula is C20H17NO3S2. The number of thiophene rings is 1. The van der Waals surface area contributed by atoms with Gasteiger partial charge in [-0.3, -0.25) is 9.59 Å². The summed E-state index contributed by atoms with van der Waals surface area (Å²) in [5.74, 6) is -0.590. The fourth-order valence-electron chi connectivity index (χ4n) is 3.08. The van der Waals surface area contributed by atoms with Crippen molar-refractivity contribution in [1.82, 2.24) is 4.98 Å².